The average Bonchev–Trinajstić information content (AvgIpc) is 2.26. The smallest absolute Gasteiger partial charge is 0.237 e. The Kier molecular flexibility index (Phi) is 4.17. The Morgan fingerprint density at radius 2 is 2.27 bits per heavy atom. The molecule has 0 radical (unpaired) electrons. The van der Waals surface area contributed by atoms with Gasteiger partial charge in [-0.15, -0.1) is 0 Å². The van der Waals surface area contributed by atoms with Crippen LogP contribution in [0.2, 0.25) is 0 Å². The molecule has 0 aliphatic heterocycles. The number of amides is 1. The first-order chi connectivity index (χ1) is 7.13. The molecule has 0 aromatic carbocycles. The fourth-order valence-electron chi connectivity index (χ4n) is 1.00. The number of nitrogens with two attached hydrogens (primary N) is 1. The second-order valence-electron chi connectivity index (χ2n) is 3.38. The summed E-state index contributed by atoms with van der Waals surface area (Å²) in [6.07, 6.45) is 3.94. The van der Waals surface area contributed by atoms with Crippen molar-refractivity contribution in [1.82, 2.24) is 15.3 Å². The Balaban J connectivity index is 2.43. The van der Waals surface area contributed by atoms with E-state index in [1.165, 1.54) is 0 Å². The van der Waals surface area contributed by atoms with Gasteiger partial charge in [-0.25, -0.2) is 0 Å². The van der Waals surface area contributed by atoms with Gasteiger partial charge >= 0.3 is 0 Å². The third-order valence-corrected chi connectivity index (χ3v) is 2.05. The molecule has 1 aromatic heterocycles. The number of aromatic nitrogens is 2. The number of hydrogen-bond acceptors (Lipinski definition) is 4. The van der Waals surface area contributed by atoms with Gasteiger partial charge in [0.1, 0.15) is 0 Å². The SMILES string of the molecule is CCC(N)C(=O)NCc1cnc(C)cn1. The highest BCUT2D eigenvalue weighted by atomic mass is 16.2. The summed E-state index contributed by atoms with van der Waals surface area (Å²) in [4.78, 5) is 19.5. The second-order valence-corrected chi connectivity index (χ2v) is 3.38. The highest BCUT2D eigenvalue weighted by Crippen LogP contribution is 1.94. The summed E-state index contributed by atoms with van der Waals surface area (Å²) in [5.41, 5.74) is 7.15. The molecule has 5 nitrogen and oxygen atoms in total. The van der Waals surface area contributed by atoms with Crippen LogP contribution in [0.1, 0.15) is 24.7 Å². The molecule has 0 aliphatic rings. The molecular weight excluding hydrogens is 192 g/mol. The van der Waals surface area contributed by atoms with Crippen molar-refractivity contribution in [2.45, 2.75) is 32.9 Å². The first kappa shape index (κ1) is 11.6. The van der Waals surface area contributed by atoms with E-state index in [1.54, 1.807) is 12.4 Å². The Morgan fingerprint density at radius 3 is 2.80 bits per heavy atom. The van der Waals surface area contributed by atoms with Crippen LogP contribution >= 0.6 is 0 Å². The van der Waals surface area contributed by atoms with Gasteiger partial charge in [0, 0.05) is 6.20 Å². The largest absolute Gasteiger partial charge is 0.349 e. The van der Waals surface area contributed by atoms with Gasteiger partial charge in [-0.3, -0.25) is 14.8 Å². The molecular formula is C10H16N4O. The Labute approximate surface area is 89.1 Å². The van der Waals surface area contributed by atoms with Gasteiger partial charge in [0.05, 0.1) is 30.2 Å². The molecule has 0 saturated carbocycles. The Bertz CT molecular complexity index is 323. The lowest BCUT2D eigenvalue weighted by Gasteiger charge is -2.09. The Hall–Kier alpha value is -1.49. The number of carbonyl (C=O) groups is 1. The summed E-state index contributed by atoms with van der Waals surface area (Å²) in [6, 6.07) is -0.441. The minimum atomic E-state index is -0.441. The van der Waals surface area contributed by atoms with Crippen LogP contribution in [0, 0.1) is 6.92 Å². The summed E-state index contributed by atoms with van der Waals surface area (Å²) in [5, 5.41) is 2.70. The molecule has 15 heavy (non-hydrogen) atoms. The van der Waals surface area contributed by atoms with E-state index in [4.69, 9.17) is 5.73 Å². The van der Waals surface area contributed by atoms with Gasteiger partial charge in [0.2, 0.25) is 5.91 Å². The maximum absolute atomic E-state index is 11.3. The fourth-order valence-corrected chi connectivity index (χ4v) is 1.00. The van der Waals surface area contributed by atoms with E-state index in [2.05, 4.69) is 15.3 Å². The molecule has 1 rings (SSSR count). The van der Waals surface area contributed by atoms with E-state index in [1.807, 2.05) is 13.8 Å². The molecule has 1 atom stereocenters. The lowest BCUT2D eigenvalue weighted by Crippen LogP contribution is -2.39. The van der Waals surface area contributed by atoms with Crippen molar-refractivity contribution in [1.29, 1.82) is 0 Å². The highest BCUT2D eigenvalue weighted by Gasteiger charge is 2.09. The van der Waals surface area contributed by atoms with Crippen LogP contribution < -0.4 is 11.1 Å². The minimum Gasteiger partial charge on any atom is -0.349 e. The first-order valence-corrected chi connectivity index (χ1v) is 4.94. The topological polar surface area (TPSA) is 80.9 Å². The third-order valence-electron chi connectivity index (χ3n) is 2.05. The third kappa shape index (κ3) is 3.63. The molecule has 0 aliphatic carbocycles. The van der Waals surface area contributed by atoms with E-state index >= 15 is 0 Å². The van der Waals surface area contributed by atoms with E-state index in [0.717, 1.165) is 11.4 Å². The number of hydrogen-bond donors (Lipinski definition) is 2. The highest BCUT2D eigenvalue weighted by molar-refractivity contribution is 5.81. The lowest BCUT2D eigenvalue weighted by atomic mass is 10.2. The van der Waals surface area contributed by atoms with E-state index < -0.39 is 6.04 Å². The molecule has 1 heterocycles. The molecule has 1 unspecified atom stereocenters. The summed E-state index contributed by atoms with van der Waals surface area (Å²) in [7, 11) is 0. The van der Waals surface area contributed by atoms with Gasteiger partial charge in [0.15, 0.2) is 0 Å². The monoisotopic (exact) mass is 208 g/mol. The molecule has 0 spiro atoms. The van der Waals surface area contributed by atoms with E-state index in [0.29, 0.717) is 13.0 Å². The second kappa shape index (κ2) is 5.41. The van der Waals surface area contributed by atoms with E-state index in [9.17, 15) is 4.79 Å². The number of nitrogens with zero attached hydrogens (tertiary/aromatic N) is 2. The molecule has 3 N–H and O–H groups in total. The van der Waals surface area contributed by atoms with Crippen LogP contribution in [0.4, 0.5) is 0 Å². The van der Waals surface area contributed by atoms with Crippen LogP contribution in [0.3, 0.4) is 0 Å². The minimum absolute atomic E-state index is 0.153. The van der Waals surface area contributed by atoms with Crippen LogP contribution in [-0.2, 0) is 11.3 Å². The van der Waals surface area contributed by atoms with Gasteiger partial charge in [0.25, 0.3) is 0 Å². The maximum Gasteiger partial charge on any atom is 0.237 e. The summed E-state index contributed by atoms with van der Waals surface area (Å²) in [6.45, 7) is 4.11. The van der Waals surface area contributed by atoms with Crippen molar-refractivity contribution in [3.8, 4) is 0 Å². The van der Waals surface area contributed by atoms with Crippen LogP contribution in [-0.4, -0.2) is 21.9 Å². The van der Waals surface area contributed by atoms with Gasteiger partial charge in [-0.05, 0) is 13.3 Å². The number of nitrogens with one attached hydrogen (secondary N) is 1. The normalized spacial score (nSPS) is 12.2. The van der Waals surface area contributed by atoms with Crippen LogP contribution in [0.25, 0.3) is 0 Å². The summed E-state index contributed by atoms with van der Waals surface area (Å²) < 4.78 is 0. The number of carbonyl (C=O) groups excluding carboxylic acids is 1. The first-order valence-electron chi connectivity index (χ1n) is 4.94. The molecule has 0 saturated heterocycles. The number of rotatable bonds is 4. The van der Waals surface area contributed by atoms with Crippen molar-refractivity contribution in [2.24, 2.45) is 5.73 Å². The summed E-state index contributed by atoms with van der Waals surface area (Å²) >= 11 is 0. The predicted octanol–water partition coefficient (Wildman–Crippen LogP) is 0.139. The zero-order valence-corrected chi connectivity index (χ0v) is 9.03. The molecule has 1 amide bonds. The standard InChI is InChI=1S/C10H16N4O/c1-3-9(11)10(15)14-6-8-5-12-7(2)4-13-8/h4-5,9H,3,6,11H2,1-2H3,(H,14,15). The van der Waals surface area contributed by atoms with Gasteiger partial charge < -0.3 is 11.1 Å². The molecule has 1 aromatic rings. The lowest BCUT2D eigenvalue weighted by molar-refractivity contribution is -0.122. The van der Waals surface area contributed by atoms with E-state index in [-0.39, 0.29) is 5.91 Å². The van der Waals surface area contributed by atoms with Crippen molar-refractivity contribution in [2.75, 3.05) is 0 Å². The number of aryl methyl sites for hydroxylation is 1. The van der Waals surface area contributed by atoms with Crippen molar-refractivity contribution < 1.29 is 4.79 Å². The van der Waals surface area contributed by atoms with Gasteiger partial charge in [-0.1, -0.05) is 6.92 Å². The van der Waals surface area contributed by atoms with Crippen molar-refractivity contribution in [3.05, 3.63) is 23.8 Å². The molecule has 0 fully saturated rings. The predicted molar refractivity (Wildman–Crippen MR) is 56.9 cm³/mol. The Morgan fingerprint density at radius 1 is 1.53 bits per heavy atom. The molecule has 82 valence electrons. The fraction of sp³-hybridized carbons (Fsp3) is 0.500. The zero-order valence-electron chi connectivity index (χ0n) is 9.03. The maximum atomic E-state index is 11.3. The van der Waals surface area contributed by atoms with Crippen LogP contribution in [0.15, 0.2) is 12.4 Å². The molecule has 0 bridgehead atoms. The quantitative estimate of drug-likeness (QED) is 0.737. The van der Waals surface area contributed by atoms with Gasteiger partial charge in [-0.2, -0.15) is 0 Å². The molecule has 5 heteroatoms. The zero-order chi connectivity index (χ0) is 11.3. The van der Waals surface area contributed by atoms with Crippen LogP contribution in [0.5, 0.6) is 0 Å². The van der Waals surface area contributed by atoms with Crippen molar-refractivity contribution >= 4 is 5.91 Å². The summed E-state index contributed by atoms with van der Waals surface area (Å²) in [5.74, 6) is -0.153. The van der Waals surface area contributed by atoms with Crippen molar-refractivity contribution in [3.63, 3.8) is 0 Å². The average molecular weight is 208 g/mol.